The molecule has 0 aliphatic carbocycles. The summed E-state index contributed by atoms with van der Waals surface area (Å²) in [4.78, 5) is 21.7. The molecule has 0 aliphatic heterocycles. The van der Waals surface area contributed by atoms with E-state index >= 15 is 0 Å². The molecule has 0 unspecified atom stereocenters. The van der Waals surface area contributed by atoms with Crippen molar-refractivity contribution in [1.82, 2.24) is 29.9 Å². The third-order valence-electron chi connectivity index (χ3n) is 4.59. The molecule has 31 heavy (non-hydrogen) atoms. The van der Waals surface area contributed by atoms with E-state index in [4.69, 9.17) is 0 Å². The van der Waals surface area contributed by atoms with E-state index in [-0.39, 0.29) is 5.91 Å². The highest BCUT2D eigenvalue weighted by molar-refractivity contribution is 7.13. The van der Waals surface area contributed by atoms with Gasteiger partial charge in [-0.05, 0) is 17.7 Å². The number of amides is 1. The van der Waals surface area contributed by atoms with Crippen molar-refractivity contribution in [3.63, 3.8) is 0 Å². The van der Waals surface area contributed by atoms with Gasteiger partial charge in [0, 0.05) is 29.5 Å². The maximum absolute atomic E-state index is 12.9. The van der Waals surface area contributed by atoms with E-state index in [0.717, 1.165) is 16.1 Å². The molecule has 0 aliphatic rings. The van der Waals surface area contributed by atoms with Gasteiger partial charge in [-0.1, -0.05) is 36.4 Å². The Bertz CT molecular complexity index is 1290. The van der Waals surface area contributed by atoms with Gasteiger partial charge < -0.3 is 5.32 Å². The van der Waals surface area contributed by atoms with E-state index in [1.165, 1.54) is 11.3 Å². The van der Waals surface area contributed by atoms with Gasteiger partial charge in [-0.2, -0.15) is 10.2 Å². The molecular formula is C22H17N7OS. The van der Waals surface area contributed by atoms with Crippen molar-refractivity contribution in [2.75, 3.05) is 5.32 Å². The summed E-state index contributed by atoms with van der Waals surface area (Å²) in [6, 6.07) is 15.6. The van der Waals surface area contributed by atoms with Crippen LogP contribution in [0.15, 0.2) is 78.7 Å². The number of carbonyl (C=O) groups is 1. The van der Waals surface area contributed by atoms with Crippen molar-refractivity contribution in [2.45, 2.75) is 6.54 Å². The lowest BCUT2D eigenvalue weighted by Gasteiger charge is -2.03. The zero-order valence-electron chi connectivity index (χ0n) is 16.3. The van der Waals surface area contributed by atoms with Crippen LogP contribution in [0.25, 0.3) is 22.0 Å². The number of aromatic amines is 1. The number of anilines is 1. The molecule has 8 nitrogen and oxygen atoms in total. The average molecular weight is 427 g/mol. The van der Waals surface area contributed by atoms with E-state index in [2.05, 4.69) is 30.6 Å². The first-order chi connectivity index (χ1) is 15.3. The standard InChI is InChI=1S/C22H17N7OS/c30-21(19-14-31-22(27-19)16-10-24-25-11-16)26-18-13-29(12-15-6-2-1-3-7-15)28-20(18)17-8-4-5-9-23-17/h1-11,13-14H,12H2,(H,24,25)(H,26,30). The van der Waals surface area contributed by atoms with Gasteiger partial charge in [-0.25, -0.2) is 4.98 Å². The molecule has 1 aromatic carbocycles. The molecule has 1 amide bonds. The minimum Gasteiger partial charge on any atom is -0.317 e. The molecule has 4 heterocycles. The van der Waals surface area contributed by atoms with Crippen LogP contribution in [0.1, 0.15) is 16.1 Å². The molecule has 0 saturated carbocycles. The maximum atomic E-state index is 12.9. The van der Waals surface area contributed by atoms with Crippen LogP contribution in [0.5, 0.6) is 0 Å². The third-order valence-corrected chi connectivity index (χ3v) is 5.48. The average Bonchev–Trinajstić information content (AvgIpc) is 3.56. The highest BCUT2D eigenvalue weighted by Crippen LogP contribution is 2.27. The van der Waals surface area contributed by atoms with Crippen molar-refractivity contribution >= 4 is 22.9 Å². The van der Waals surface area contributed by atoms with Gasteiger partial charge in [0.15, 0.2) is 0 Å². The highest BCUT2D eigenvalue weighted by atomic mass is 32.1. The number of aromatic nitrogens is 6. The first-order valence-corrected chi connectivity index (χ1v) is 10.4. The quantitative estimate of drug-likeness (QED) is 0.425. The summed E-state index contributed by atoms with van der Waals surface area (Å²) in [5, 5.41) is 16.8. The van der Waals surface area contributed by atoms with Crippen LogP contribution >= 0.6 is 11.3 Å². The molecule has 0 saturated heterocycles. The van der Waals surface area contributed by atoms with Gasteiger partial charge >= 0.3 is 0 Å². The summed E-state index contributed by atoms with van der Waals surface area (Å²) in [5.74, 6) is -0.303. The molecule has 5 aromatic rings. The number of pyridine rings is 1. The molecule has 9 heteroatoms. The van der Waals surface area contributed by atoms with Crippen LogP contribution in [0, 0.1) is 0 Å². The molecule has 0 spiro atoms. The number of H-pyrrole nitrogens is 1. The second kappa shape index (κ2) is 8.33. The second-order valence-electron chi connectivity index (χ2n) is 6.77. The summed E-state index contributed by atoms with van der Waals surface area (Å²) in [6.45, 7) is 0.581. The van der Waals surface area contributed by atoms with Gasteiger partial charge in [-0.15, -0.1) is 11.3 Å². The van der Waals surface area contributed by atoms with E-state index < -0.39 is 0 Å². The molecule has 152 valence electrons. The smallest absolute Gasteiger partial charge is 0.275 e. The predicted octanol–water partition coefficient (Wildman–Crippen LogP) is 4.09. The van der Waals surface area contributed by atoms with Crippen LogP contribution in [0.2, 0.25) is 0 Å². The fraction of sp³-hybridized carbons (Fsp3) is 0.0455. The maximum Gasteiger partial charge on any atom is 0.275 e. The van der Waals surface area contributed by atoms with E-state index in [1.54, 1.807) is 28.7 Å². The number of thiazole rings is 1. The topological polar surface area (TPSA) is 101 Å². The molecular weight excluding hydrogens is 410 g/mol. The van der Waals surface area contributed by atoms with E-state index in [9.17, 15) is 4.79 Å². The molecule has 0 radical (unpaired) electrons. The van der Waals surface area contributed by atoms with E-state index in [0.29, 0.717) is 29.3 Å². The van der Waals surface area contributed by atoms with Gasteiger partial charge in [0.1, 0.15) is 16.4 Å². The Morgan fingerprint density at radius 2 is 2.00 bits per heavy atom. The van der Waals surface area contributed by atoms with Crippen LogP contribution < -0.4 is 5.32 Å². The molecule has 0 bridgehead atoms. The van der Waals surface area contributed by atoms with Gasteiger partial charge in [0.05, 0.1) is 24.1 Å². The Balaban J connectivity index is 1.44. The van der Waals surface area contributed by atoms with E-state index in [1.807, 2.05) is 54.7 Å². The number of carbonyl (C=O) groups excluding carboxylic acids is 1. The van der Waals surface area contributed by atoms with Crippen molar-refractivity contribution in [1.29, 1.82) is 0 Å². The zero-order chi connectivity index (χ0) is 21.0. The minimum absolute atomic E-state index is 0.303. The minimum atomic E-state index is -0.303. The van der Waals surface area contributed by atoms with Crippen LogP contribution in [-0.2, 0) is 6.54 Å². The summed E-state index contributed by atoms with van der Waals surface area (Å²) in [5.41, 5.74) is 4.16. The molecule has 0 fully saturated rings. The lowest BCUT2D eigenvalue weighted by molar-refractivity contribution is 0.102. The summed E-state index contributed by atoms with van der Waals surface area (Å²) in [6.07, 6.45) is 6.94. The predicted molar refractivity (Wildman–Crippen MR) is 119 cm³/mol. The SMILES string of the molecule is O=C(Nc1cn(Cc2ccccc2)nc1-c1ccccn1)c1csc(-c2cn[nH]c2)n1. The highest BCUT2D eigenvalue weighted by Gasteiger charge is 2.18. The van der Waals surface area contributed by atoms with Gasteiger partial charge in [-0.3, -0.25) is 19.6 Å². The van der Waals surface area contributed by atoms with Crippen molar-refractivity contribution in [2.24, 2.45) is 0 Å². The Labute approximate surface area is 181 Å². The third kappa shape index (κ3) is 4.12. The Hall–Kier alpha value is -4.11. The van der Waals surface area contributed by atoms with Crippen LogP contribution in [0.3, 0.4) is 0 Å². The fourth-order valence-electron chi connectivity index (χ4n) is 3.12. The van der Waals surface area contributed by atoms with Crippen molar-refractivity contribution in [3.05, 3.63) is 90.0 Å². The number of hydrogen-bond donors (Lipinski definition) is 2. The summed E-state index contributed by atoms with van der Waals surface area (Å²) in [7, 11) is 0. The number of nitrogens with one attached hydrogen (secondary N) is 2. The molecule has 5 rings (SSSR count). The first kappa shape index (κ1) is 18.9. The summed E-state index contributed by atoms with van der Waals surface area (Å²) < 4.78 is 1.80. The number of rotatable bonds is 6. The number of benzene rings is 1. The van der Waals surface area contributed by atoms with Gasteiger partial charge in [0.2, 0.25) is 0 Å². The largest absolute Gasteiger partial charge is 0.317 e. The van der Waals surface area contributed by atoms with Crippen LogP contribution in [-0.4, -0.2) is 35.9 Å². The fourth-order valence-corrected chi connectivity index (χ4v) is 3.90. The molecule has 4 aromatic heterocycles. The van der Waals surface area contributed by atoms with Crippen LogP contribution in [0.4, 0.5) is 5.69 Å². The lowest BCUT2D eigenvalue weighted by atomic mass is 10.2. The van der Waals surface area contributed by atoms with Crippen molar-refractivity contribution < 1.29 is 4.79 Å². The van der Waals surface area contributed by atoms with Gasteiger partial charge in [0.25, 0.3) is 5.91 Å². The van der Waals surface area contributed by atoms with Crippen molar-refractivity contribution in [3.8, 4) is 22.0 Å². The normalized spacial score (nSPS) is 10.8. The first-order valence-electron chi connectivity index (χ1n) is 9.55. The molecule has 0 atom stereocenters. The monoisotopic (exact) mass is 427 g/mol. The molecule has 2 N–H and O–H groups in total. The Morgan fingerprint density at radius 3 is 2.77 bits per heavy atom. The lowest BCUT2D eigenvalue weighted by Crippen LogP contribution is -2.12. The number of nitrogens with zero attached hydrogens (tertiary/aromatic N) is 5. The zero-order valence-corrected chi connectivity index (χ0v) is 17.1. The number of hydrogen-bond acceptors (Lipinski definition) is 6. The second-order valence-corrected chi connectivity index (χ2v) is 7.63. The Morgan fingerprint density at radius 1 is 1.13 bits per heavy atom. The summed E-state index contributed by atoms with van der Waals surface area (Å²) >= 11 is 1.39. The Kier molecular flexibility index (Phi) is 5.07.